The van der Waals surface area contributed by atoms with Gasteiger partial charge in [0.2, 0.25) is 0 Å². The van der Waals surface area contributed by atoms with Crippen LogP contribution in [0.2, 0.25) is 5.02 Å². The van der Waals surface area contributed by atoms with Crippen molar-refractivity contribution in [1.29, 1.82) is 0 Å². The number of nitrogens with one attached hydrogen (secondary N) is 1. The fraction of sp³-hybridized carbons (Fsp3) is 0.333. The molecular weight excluding hydrogens is 322 g/mol. The smallest absolute Gasteiger partial charge is 0.264 e. The third-order valence-corrected chi connectivity index (χ3v) is 4.66. The molecule has 3 N–H and O–H groups in total. The van der Waals surface area contributed by atoms with Gasteiger partial charge in [-0.1, -0.05) is 17.7 Å². The molecule has 0 unspecified atom stereocenters. The van der Waals surface area contributed by atoms with E-state index in [1.807, 2.05) is 0 Å². The van der Waals surface area contributed by atoms with Gasteiger partial charge in [0, 0.05) is 15.9 Å². The Morgan fingerprint density at radius 1 is 1.55 bits per heavy atom. The average Bonchev–Trinajstić information content (AvgIpc) is 2.86. The minimum Gasteiger partial charge on any atom is -0.484 e. The number of hydrogen-bond donors (Lipinski definition) is 2. The topological polar surface area (TPSA) is 77.2 Å². The highest BCUT2D eigenvalue weighted by atomic mass is 35.5. The summed E-state index contributed by atoms with van der Waals surface area (Å²) in [7, 11) is 0. The number of carbonyl (C=O) groups is 1. The predicted octanol–water partition coefficient (Wildman–Crippen LogP) is 2.63. The molecule has 1 aliphatic carbocycles. The quantitative estimate of drug-likeness (QED) is 0.899. The average molecular weight is 338 g/mol. The fourth-order valence-electron chi connectivity index (χ4n) is 2.31. The Kier molecular flexibility index (Phi) is 4.61. The van der Waals surface area contributed by atoms with Gasteiger partial charge in [-0.15, -0.1) is 11.3 Å². The summed E-state index contributed by atoms with van der Waals surface area (Å²) in [5.41, 5.74) is 7.00. The Labute approximate surface area is 137 Å². The van der Waals surface area contributed by atoms with Crippen molar-refractivity contribution in [1.82, 2.24) is 4.98 Å². The van der Waals surface area contributed by atoms with Gasteiger partial charge in [-0.3, -0.25) is 10.1 Å². The lowest BCUT2D eigenvalue weighted by Gasteiger charge is -2.15. The summed E-state index contributed by atoms with van der Waals surface area (Å²) < 4.78 is 5.40. The predicted molar refractivity (Wildman–Crippen MR) is 87.7 cm³/mol. The van der Waals surface area contributed by atoms with Crippen LogP contribution in [0, 0.1) is 0 Å². The molecular formula is C15H16ClN3O2S. The van der Waals surface area contributed by atoms with E-state index in [4.69, 9.17) is 22.1 Å². The van der Waals surface area contributed by atoms with Crippen LogP contribution < -0.4 is 15.8 Å². The highest BCUT2D eigenvalue weighted by Gasteiger charge is 2.20. The molecule has 0 radical (unpaired) electrons. The Hall–Kier alpha value is -1.63. The lowest BCUT2D eigenvalue weighted by molar-refractivity contribution is -0.118. The summed E-state index contributed by atoms with van der Waals surface area (Å²) in [5.74, 6) is 0.322. The summed E-state index contributed by atoms with van der Waals surface area (Å²) in [6.07, 6.45) is 2.66. The summed E-state index contributed by atoms with van der Waals surface area (Å²) in [4.78, 5) is 17.5. The lowest BCUT2D eigenvalue weighted by atomic mass is 9.99. The number of ether oxygens (including phenoxy) is 1. The molecule has 1 aliphatic rings. The van der Waals surface area contributed by atoms with E-state index in [9.17, 15) is 4.79 Å². The molecule has 0 saturated carbocycles. The maximum Gasteiger partial charge on any atom is 0.264 e. The SMILES string of the molecule is N[C@H]1CCc2nc(NC(=O)COc3cccc(Cl)c3)sc2C1. The van der Waals surface area contributed by atoms with E-state index in [1.54, 1.807) is 24.3 Å². The Balaban J connectivity index is 1.56. The van der Waals surface area contributed by atoms with Crippen molar-refractivity contribution in [3.63, 3.8) is 0 Å². The molecule has 5 nitrogen and oxygen atoms in total. The maximum atomic E-state index is 11.9. The van der Waals surface area contributed by atoms with Crippen molar-refractivity contribution < 1.29 is 9.53 Å². The number of benzene rings is 1. The second-order valence-corrected chi connectivity index (χ2v) is 6.71. The van der Waals surface area contributed by atoms with Gasteiger partial charge in [0.25, 0.3) is 5.91 Å². The van der Waals surface area contributed by atoms with Crippen LogP contribution in [0.25, 0.3) is 0 Å². The first kappa shape index (κ1) is 15.3. The van der Waals surface area contributed by atoms with E-state index in [0.717, 1.165) is 25.0 Å². The molecule has 116 valence electrons. The minimum absolute atomic E-state index is 0.0793. The zero-order valence-electron chi connectivity index (χ0n) is 11.8. The molecule has 0 fully saturated rings. The number of aromatic nitrogens is 1. The van der Waals surface area contributed by atoms with Crippen LogP contribution in [0.4, 0.5) is 5.13 Å². The van der Waals surface area contributed by atoms with Gasteiger partial charge < -0.3 is 10.5 Å². The minimum atomic E-state index is -0.240. The number of amides is 1. The van der Waals surface area contributed by atoms with Crippen LogP contribution in [0.5, 0.6) is 5.75 Å². The monoisotopic (exact) mass is 337 g/mol. The van der Waals surface area contributed by atoms with E-state index >= 15 is 0 Å². The summed E-state index contributed by atoms with van der Waals surface area (Å²) in [6.45, 7) is -0.0793. The number of rotatable bonds is 4. The van der Waals surface area contributed by atoms with Crippen molar-refractivity contribution in [2.75, 3.05) is 11.9 Å². The maximum absolute atomic E-state index is 11.9. The molecule has 3 rings (SSSR count). The zero-order valence-corrected chi connectivity index (χ0v) is 13.4. The molecule has 7 heteroatoms. The molecule has 0 bridgehead atoms. The molecule has 1 amide bonds. The number of fused-ring (bicyclic) bond motifs is 1. The number of hydrogen-bond acceptors (Lipinski definition) is 5. The van der Waals surface area contributed by atoms with E-state index in [1.165, 1.54) is 16.2 Å². The van der Waals surface area contributed by atoms with E-state index in [-0.39, 0.29) is 18.6 Å². The normalized spacial score (nSPS) is 16.9. The molecule has 0 spiro atoms. The zero-order chi connectivity index (χ0) is 15.5. The van der Waals surface area contributed by atoms with E-state index < -0.39 is 0 Å². The van der Waals surface area contributed by atoms with Gasteiger partial charge in [-0.25, -0.2) is 4.98 Å². The van der Waals surface area contributed by atoms with Crippen molar-refractivity contribution in [3.8, 4) is 5.75 Å². The van der Waals surface area contributed by atoms with Gasteiger partial charge in [-0.05, 0) is 37.5 Å². The third-order valence-electron chi connectivity index (χ3n) is 3.39. The van der Waals surface area contributed by atoms with Crippen LogP contribution in [0.3, 0.4) is 0 Å². The van der Waals surface area contributed by atoms with Crippen LogP contribution in [0.1, 0.15) is 17.0 Å². The Bertz CT molecular complexity index is 689. The van der Waals surface area contributed by atoms with Gasteiger partial charge in [0.05, 0.1) is 5.69 Å². The Morgan fingerprint density at radius 3 is 3.23 bits per heavy atom. The molecule has 22 heavy (non-hydrogen) atoms. The standard InChI is InChI=1S/C15H16ClN3O2S/c16-9-2-1-3-11(6-9)21-8-14(20)19-15-18-12-5-4-10(17)7-13(12)22-15/h1-3,6,10H,4-5,7-8,17H2,(H,18,19,20)/t10-/m0/s1. The van der Waals surface area contributed by atoms with Crippen molar-refractivity contribution in [2.45, 2.75) is 25.3 Å². The van der Waals surface area contributed by atoms with E-state index in [0.29, 0.717) is 15.9 Å². The Morgan fingerprint density at radius 2 is 2.41 bits per heavy atom. The molecule has 1 aromatic carbocycles. The highest BCUT2D eigenvalue weighted by Crippen LogP contribution is 2.29. The largest absolute Gasteiger partial charge is 0.484 e. The van der Waals surface area contributed by atoms with Crippen molar-refractivity contribution in [2.24, 2.45) is 5.73 Å². The molecule has 1 heterocycles. The molecule has 1 aromatic heterocycles. The molecule has 0 aliphatic heterocycles. The number of anilines is 1. The second kappa shape index (κ2) is 6.64. The first-order valence-electron chi connectivity index (χ1n) is 7.02. The van der Waals surface area contributed by atoms with Gasteiger partial charge >= 0.3 is 0 Å². The van der Waals surface area contributed by atoms with Crippen LogP contribution in [-0.2, 0) is 17.6 Å². The summed E-state index contributed by atoms with van der Waals surface area (Å²) in [5, 5.41) is 3.95. The first-order chi connectivity index (χ1) is 10.6. The van der Waals surface area contributed by atoms with Crippen molar-refractivity contribution >= 4 is 34.0 Å². The highest BCUT2D eigenvalue weighted by molar-refractivity contribution is 7.15. The van der Waals surface area contributed by atoms with Crippen LogP contribution in [0.15, 0.2) is 24.3 Å². The summed E-state index contributed by atoms with van der Waals surface area (Å²) in [6, 6.07) is 7.14. The fourth-order valence-corrected chi connectivity index (χ4v) is 3.61. The molecule has 0 saturated heterocycles. The summed E-state index contributed by atoms with van der Waals surface area (Å²) >= 11 is 7.35. The number of halogens is 1. The van der Waals surface area contributed by atoms with Gasteiger partial charge in [0.15, 0.2) is 11.7 Å². The van der Waals surface area contributed by atoms with E-state index in [2.05, 4.69) is 10.3 Å². The second-order valence-electron chi connectivity index (χ2n) is 5.19. The van der Waals surface area contributed by atoms with Crippen molar-refractivity contribution in [3.05, 3.63) is 39.9 Å². The number of nitrogens with two attached hydrogens (primary N) is 1. The third kappa shape index (κ3) is 3.76. The number of nitrogens with zero attached hydrogens (tertiary/aromatic N) is 1. The van der Waals surface area contributed by atoms with Gasteiger partial charge in [0.1, 0.15) is 5.75 Å². The first-order valence-corrected chi connectivity index (χ1v) is 8.22. The van der Waals surface area contributed by atoms with Crippen LogP contribution >= 0.6 is 22.9 Å². The molecule has 1 atom stereocenters. The van der Waals surface area contributed by atoms with Crippen LogP contribution in [-0.4, -0.2) is 23.5 Å². The number of carbonyl (C=O) groups excluding carboxylic acids is 1. The number of aryl methyl sites for hydroxylation is 1. The number of thiazole rings is 1. The lowest BCUT2D eigenvalue weighted by Crippen LogP contribution is -2.27. The molecule has 2 aromatic rings. The van der Waals surface area contributed by atoms with Gasteiger partial charge in [-0.2, -0.15) is 0 Å².